The van der Waals surface area contributed by atoms with Crippen LogP contribution in [0.4, 0.5) is 5.69 Å². The molecule has 1 rings (SSSR count). The topological polar surface area (TPSA) is 30.5 Å². The summed E-state index contributed by atoms with van der Waals surface area (Å²) in [4.78, 5) is 0. The summed E-state index contributed by atoms with van der Waals surface area (Å²) in [6.45, 7) is 9.28. The largest absolute Gasteiger partial charge is 0.494 e. The summed E-state index contributed by atoms with van der Waals surface area (Å²) in [6.07, 6.45) is 0. The smallest absolute Gasteiger partial charge is 0.142 e. The first kappa shape index (κ1) is 13.7. The summed E-state index contributed by atoms with van der Waals surface area (Å²) in [6, 6.07) is 5.66. The minimum Gasteiger partial charge on any atom is -0.494 e. The van der Waals surface area contributed by atoms with Crippen molar-refractivity contribution in [1.82, 2.24) is 0 Å². The van der Waals surface area contributed by atoms with Crippen LogP contribution < -0.4 is 14.8 Å². The van der Waals surface area contributed by atoms with E-state index in [0.717, 1.165) is 17.2 Å². The van der Waals surface area contributed by atoms with E-state index in [4.69, 9.17) is 21.1 Å². The number of anilines is 1. The third-order valence-corrected chi connectivity index (χ3v) is 2.17. The van der Waals surface area contributed by atoms with Crippen LogP contribution in [0.3, 0.4) is 0 Å². The van der Waals surface area contributed by atoms with Crippen molar-refractivity contribution in [2.75, 3.05) is 25.1 Å². The van der Waals surface area contributed by atoms with Gasteiger partial charge in [-0.05, 0) is 26.0 Å². The molecular weight excluding hydrogens is 238 g/mol. The van der Waals surface area contributed by atoms with Crippen molar-refractivity contribution >= 4 is 17.3 Å². The molecule has 0 bridgehead atoms. The molecule has 17 heavy (non-hydrogen) atoms. The van der Waals surface area contributed by atoms with Gasteiger partial charge in [0.25, 0.3) is 0 Å². The molecule has 0 unspecified atom stereocenters. The zero-order valence-electron chi connectivity index (χ0n) is 10.3. The van der Waals surface area contributed by atoms with Gasteiger partial charge in [0.05, 0.1) is 25.4 Å². The van der Waals surface area contributed by atoms with Crippen molar-refractivity contribution in [2.24, 2.45) is 0 Å². The molecule has 0 saturated heterocycles. The highest BCUT2D eigenvalue weighted by molar-refractivity contribution is 6.29. The van der Waals surface area contributed by atoms with Crippen molar-refractivity contribution in [3.63, 3.8) is 0 Å². The number of hydrogen-bond acceptors (Lipinski definition) is 3. The second kappa shape index (κ2) is 7.07. The van der Waals surface area contributed by atoms with Gasteiger partial charge in [0, 0.05) is 11.1 Å². The predicted octanol–water partition coefficient (Wildman–Crippen LogP) is 3.65. The molecule has 1 N–H and O–H groups in total. The Morgan fingerprint density at radius 3 is 2.59 bits per heavy atom. The van der Waals surface area contributed by atoms with Crippen LogP contribution in [-0.2, 0) is 0 Å². The van der Waals surface area contributed by atoms with Gasteiger partial charge < -0.3 is 14.8 Å². The van der Waals surface area contributed by atoms with Crippen LogP contribution >= 0.6 is 11.6 Å². The fourth-order valence-electron chi connectivity index (χ4n) is 1.38. The molecule has 0 aliphatic heterocycles. The first-order valence-electron chi connectivity index (χ1n) is 5.64. The van der Waals surface area contributed by atoms with Gasteiger partial charge in [-0.2, -0.15) is 0 Å². The zero-order chi connectivity index (χ0) is 12.7. The van der Waals surface area contributed by atoms with Gasteiger partial charge in [-0.15, -0.1) is 0 Å². The van der Waals surface area contributed by atoms with Gasteiger partial charge >= 0.3 is 0 Å². The standard InChI is InChI=1S/C13H18ClNO2/c1-4-16-11-6-7-13(17-5-2)12(8-11)15-9-10(3)14/h6-8,15H,3-5,9H2,1-2H3. The van der Waals surface area contributed by atoms with Gasteiger partial charge in [0.2, 0.25) is 0 Å². The summed E-state index contributed by atoms with van der Waals surface area (Å²) < 4.78 is 10.9. The van der Waals surface area contributed by atoms with Crippen LogP contribution in [-0.4, -0.2) is 19.8 Å². The van der Waals surface area contributed by atoms with Crippen molar-refractivity contribution < 1.29 is 9.47 Å². The van der Waals surface area contributed by atoms with Gasteiger partial charge in [-0.1, -0.05) is 18.2 Å². The minimum absolute atomic E-state index is 0.497. The normalized spacial score (nSPS) is 9.82. The van der Waals surface area contributed by atoms with E-state index >= 15 is 0 Å². The third kappa shape index (κ3) is 4.57. The van der Waals surface area contributed by atoms with E-state index in [1.54, 1.807) is 0 Å². The Morgan fingerprint density at radius 1 is 1.29 bits per heavy atom. The first-order valence-corrected chi connectivity index (χ1v) is 6.02. The summed E-state index contributed by atoms with van der Waals surface area (Å²) in [5, 5.41) is 3.71. The number of hydrogen-bond donors (Lipinski definition) is 1. The molecule has 0 heterocycles. The second-order valence-corrected chi connectivity index (χ2v) is 3.93. The number of halogens is 1. The highest BCUT2D eigenvalue weighted by Crippen LogP contribution is 2.29. The summed E-state index contributed by atoms with van der Waals surface area (Å²) in [7, 11) is 0. The lowest BCUT2D eigenvalue weighted by Gasteiger charge is -2.13. The van der Waals surface area contributed by atoms with Crippen molar-refractivity contribution in [3.8, 4) is 11.5 Å². The van der Waals surface area contributed by atoms with Crippen LogP contribution in [0.5, 0.6) is 11.5 Å². The molecule has 0 radical (unpaired) electrons. The molecule has 0 aromatic heterocycles. The molecule has 1 aromatic carbocycles. The number of ether oxygens (including phenoxy) is 2. The van der Waals surface area contributed by atoms with E-state index in [1.165, 1.54) is 0 Å². The number of benzene rings is 1. The average molecular weight is 256 g/mol. The molecule has 0 spiro atoms. The maximum absolute atomic E-state index is 5.73. The van der Waals surface area contributed by atoms with E-state index in [0.29, 0.717) is 24.8 Å². The Labute approximate surface area is 107 Å². The van der Waals surface area contributed by atoms with Gasteiger partial charge in [0.15, 0.2) is 0 Å². The van der Waals surface area contributed by atoms with Crippen LogP contribution in [0.25, 0.3) is 0 Å². The highest BCUT2D eigenvalue weighted by atomic mass is 35.5. The predicted molar refractivity (Wildman–Crippen MR) is 72.3 cm³/mol. The lowest BCUT2D eigenvalue weighted by molar-refractivity contribution is 0.332. The van der Waals surface area contributed by atoms with E-state index in [1.807, 2.05) is 32.0 Å². The molecule has 4 heteroatoms. The van der Waals surface area contributed by atoms with E-state index in [2.05, 4.69) is 11.9 Å². The molecule has 0 aliphatic rings. The van der Waals surface area contributed by atoms with Crippen LogP contribution in [0.2, 0.25) is 0 Å². The minimum atomic E-state index is 0.497. The van der Waals surface area contributed by atoms with Crippen molar-refractivity contribution in [3.05, 3.63) is 29.8 Å². The molecule has 0 aliphatic carbocycles. The summed E-state index contributed by atoms with van der Waals surface area (Å²) >= 11 is 5.73. The van der Waals surface area contributed by atoms with Gasteiger partial charge in [-0.25, -0.2) is 0 Å². The average Bonchev–Trinajstić information content (AvgIpc) is 2.29. The third-order valence-electron chi connectivity index (χ3n) is 2.03. The van der Waals surface area contributed by atoms with Gasteiger partial charge in [0.1, 0.15) is 11.5 Å². The molecular formula is C13H18ClNO2. The van der Waals surface area contributed by atoms with E-state index in [-0.39, 0.29) is 0 Å². The second-order valence-electron chi connectivity index (χ2n) is 3.39. The van der Waals surface area contributed by atoms with Crippen molar-refractivity contribution in [1.29, 1.82) is 0 Å². The van der Waals surface area contributed by atoms with E-state index in [9.17, 15) is 0 Å². The Hall–Kier alpha value is -1.35. The Bertz CT molecular complexity index is 380. The zero-order valence-corrected chi connectivity index (χ0v) is 11.0. The first-order chi connectivity index (χ1) is 8.17. The Morgan fingerprint density at radius 2 is 2.00 bits per heavy atom. The fourth-order valence-corrected chi connectivity index (χ4v) is 1.44. The quantitative estimate of drug-likeness (QED) is 0.807. The fraction of sp³-hybridized carbons (Fsp3) is 0.385. The number of rotatable bonds is 7. The van der Waals surface area contributed by atoms with Crippen molar-refractivity contribution in [2.45, 2.75) is 13.8 Å². The maximum atomic E-state index is 5.73. The van der Waals surface area contributed by atoms with Crippen LogP contribution in [0, 0.1) is 0 Å². The Kier molecular flexibility index (Phi) is 5.70. The highest BCUT2D eigenvalue weighted by Gasteiger charge is 2.05. The van der Waals surface area contributed by atoms with Crippen LogP contribution in [0.15, 0.2) is 29.8 Å². The molecule has 0 saturated carbocycles. The SMILES string of the molecule is C=C(Cl)CNc1cc(OCC)ccc1OCC. The number of nitrogens with one attached hydrogen (secondary N) is 1. The molecule has 1 aromatic rings. The molecule has 0 fully saturated rings. The molecule has 0 atom stereocenters. The van der Waals surface area contributed by atoms with Crippen LogP contribution in [0.1, 0.15) is 13.8 Å². The molecule has 3 nitrogen and oxygen atoms in total. The Balaban J connectivity index is 2.85. The van der Waals surface area contributed by atoms with Gasteiger partial charge in [-0.3, -0.25) is 0 Å². The molecule has 0 amide bonds. The van der Waals surface area contributed by atoms with E-state index < -0.39 is 0 Å². The lowest BCUT2D eigenvalue weighted by atomic mass is 10.2. The summed E-state index contributed by atoms with van der Waals surface area (Å²) in [5.74, 6) is 1.59. The summed E-state index contributed by atoms with van der Waals surface area (Å²) in [5.41, 5.74) is 0.861. The maximum Gasteiger partial charge on any atom is 0.142 e. The molecule has 94 valence electrons. The lowest BCUT2D eigenvalue weighted by Crippen LogP contribution is -2.04. The monoisotopic (exact) mass is 255 g/mol.